The molecule has 2 aliphatic carbocycles. The van der Waals surface area contributed by atoms with Gasteiger partial charge in [0.15, 0.2) is 0 Å². The summed E-state index contributed by atoms with van der Waals surface area (Å²) in [4.78, 5) is 0. The van der Waals surface area contributed by atoms with Gasteiger partial charge in [0.2, 0.25) is 0 Å². The molecular formula is C29H46O. The zero-order valence-electron chi connectivity index (χ0n) is 19.8. The van der Waals surface area contributed by atoms with Gasteiger partial charge >= 0.3 is 0 Å². The summed E-state index contributed by atoms with van der Waals surface area (Å²) >= 11 is 0. The molecule has 30 heavy (non-hydrogen) atoms. The fourth-order valence-corrected chi connectivity index (χ4v) is 5.77. The third kappa shape index (κ3) is 7.78. The van der Waals surface area contributed by atoms with E-state index in [0.717, 1.165) is 29.4 Å². The van der Waals surface area contributed by atoms with Crippen molar-refractivity contribution in [1.29, 1.82) is 0 Å². The highest BCUT2D eigenvalue weighted by atomic mass is 16.5. The molecule has 0 aromatic heterocycles. The van der Waals surface area contributed by atoms with Crippen LogP contribution in [0.3, 0.4) is 0 Å². The Hall–Kier alpha value is -1.24. The largest absolute Gasteiger partial charge is 0.490 e. The zero-order chi connectivity index (χ0) is 21.0. The molecule has 0 spiro atoms. The number of hydrogen-bond donors (Lipinski definition) is 0. The molecule has 0 aliphatic heterocycles. The molecule has 1 nitrogen and oxygen atoms in total. The van der Waals surface area contributed by atoms with Crippen molar-refractivity contribution in [2.75, 3.05) is 6.61 Å². The van der Waals surface area contributed by atoms with Crippen molar-refractivity contribution in [2.45, 2.75) is 110 Å². The standard InChI is InChI=1S/C29H46O/c1-3-5-6-9-25-15-17-27(18-16-25)28-19-21-29(22-20-28)30-23-7-10-26-13-11-24(8-4-2)12-14-26/h7,10,19-22,24-27H,3-6,8-9,11-18,23H2,1-2H3. The second kappa shape index (κ2) is 13.2. The summed E-state index contributed by atoms with van der Waals surface area (Å²) in [7, 11) is 0. The van der Waals surface area contributed by atoms with Gasteiger partial charge in [-0.1, -0.05) is 76.7 Å². The third-order valence-electron chi connectivity index (χ3n) is 7.76. The maximum absolute atomic E-state index is 5.98. The van der Waals surface area contributed by atoms with Crippen LogP contribution >= 0.6 is 0 Å². The van der Waals surface area contributed by atoms with Crippen LogP contribution in [0.5, 0.6) is 5.75 Å². The fourth-order valence-electron chi connectivity index (χ4n) is 5.77. The predicted molar refractivity (Wildman–Crippen MR) is 130 cm³/mol. The Bertz CT molecular complexity index is 585. The van der Waals surface area contributed by atoms with Crippen LogP contribution < -0.4 is 4.74 Å². The zero-order valence-corrected chi connectivity index (χ0v) is 19.8. The number of allylic oxidation sites excluding steroid dienone is 1. The molecule has 0 heterocycles. The van der Waals surface area contributed by atoms with Crippen molar-refractivity contribution in [1.82, 2.24) is 0 Å². The molecule has 0 saturated heterocycles. The molecule has 2 aliphatic rings. The summed E-state index contributed by atoms with van der Waals surface area (Å²) in [5, 5.41) is 0. The number of benzene rings is 1. The quantitative estimate of drug-likeness (QED) is 0.261. The van der Waals surface area contributed by atoms with Gasteiger partial charge in [0, 0.05) is 0 Å². The van der Waals surface area contributed by atoms with E-state index in [2.05, 4.69) is 50.3 Å². The monoisotopic (exact) mass is 410 g/mol. The average Bonchev–Trinajstić information content (AvgIpc) is 2.79. The summed E-state index contributed by atoms with van der Waals surface area (Å²) in [6.45, 7) is 5.33. The smallest absolute Gasteiger partial charge is 0.119 e. The minimum Gasteiger partial charge on any atom is -0.490 e. The van der Waals surface area contributed by atoms with E-state index in [-0.39, 0.29) is 0 Å². The van der Waals surface area contributed by atoms with E-state index in [1.807, 2.05) is 0 Å². The first-order valence-corrected chi connectivity index (χ1v) is 13.2. The van der Waals surface area contributed by atoms with Crippen LogP contribution in [-0.4, -0.2) is 6.61 Å². The summed E-state index contributed by atoms with van der Waals surface area (Å²) in [6.07, 6.45) is 24.3. The molecule has 0 atom stereocenters. The molecule has 1 aromatic carbocycles. The van der Waals surface area contributed by atoms with Gasteiger partial charge in [-0.3, -0.25) is 0 Å². The van der Waals surface area contributed by atoms with E-state index in [4.69, 9.17) is 4.74 Å². The highest BCUT2D eigenvalue weighted by Crippen LogP contribution is 2.38. The summed E-state index contributed by atoms with van der Waals surface area (Å²) in [6, 6.07) is 9.01. The highest BCUT2D eigenvalue weighted by Gasteiger charge is 2.22. The Morgan fingerprint density at radius 2 is 1.43 bits per heavy atom. The summed E-state index contributed by atoms with van der Waals surface area (Å²) < 4.78 is 5.98. The van der Waals surface area contributed by atoms with Gasteiger partial charge in [-0.15, -0.1) is 0 Å². The van der Waals surface area contributed by atoms with Gasteiger partial charge in [0.1, 0.15) is 12.4 Å². The number of unbranched alkanes of at least 4 members (excludes halogenated alkanes) is 2. The van der Waals surface area contributed by atoms with Gasteiger partial charge in [-0.25, -0.2) is 0 Å². The normalized spacial score (nSPS) is 27.4. The molecule has 0 unspecified atom stereocenters. The number of hydrogen-bond acceptors (Lipinski definition) is 1. The lowest BCUT2D eigenvalue weighted by atomic mass is 9.77. The van der Waals surface area contributed by atoms with Gasteiger partial charge in [0.05, 0.1) is 0 Å². The van der Waals surface area contributed by atoms with Crippen molar-refractivity contribution < 1.29 is 4.74 Å². The van der Waals surface area contributed by atoms with Gasteiger partial charge in [0.25, 0.3) is 0 Å². The molecule has 0 N–H and O–H groups in total. The van der Waals surface area contributed by atoms with Crippen molar-refractivity contribution in [3.63, 3.8) is 0 Å². The van der Waals surface area contributed by atoms with Gasteiger partial charge in [-0.05, 0) is 92.7 Å². The SMILES string of the molecule is CCCCCC1CCC(c2ccc(OCC=CC3CCC(CCC)CC3)cc2)CC1. The van der Waals surface area contributed by atoms with Crippen molar-refractivity contribution in [2.24, 2.45) is 17.8 Å². The highest BCUT2D eigenvalue weighted by molar-refractivity contribution is 5.29. The molecule has 0 bridgehead atoms. The fraction of sp³-hybridized carbons (Fsp3) is 0.724. The first-order chi connectivity index (χ1) is 14.8. The maximum atomic E-state index is 5.98. The van der Waals surface area contributed by atoms with E-state index < -0.39 is 0 Å². The molecular weight excluding hydrogens is 364 g/mol. The van der Waals surface area contributed by atoms with Gasteiger partial charge < -0.3 is 4.74 Å². The van der Waals surface area contributed by atoms with Crippen LogP contribution in [0.25, 0.3) is 0 Å². The molecule has 2 saturated carbocycles. The predicted octanol–water partition coefficient (Wildman–Crippen LogP) is 9.08. The topological polar surface area (TPSA) is 9.23 Å². The van der Waals surface area contributed by atoms with Crippen LogP contribution in [0.15, 0.2) is 36.4 Å². The van der Waals surface area contributed by atoms with Crippen LogP contribution in [0.2, 0.25) is 0 Å². The Kier molecular flexibility index (Phi) is 10.3. The number of rotatable bonds is 11. The van der Waals surface area contributed by atoms with E-state index in [1.54, 1.807) is 0 Å². The Balaban J connectivity index is 1.33. The minimum absolute atomic E-state index is 0.705. The average molecular weight is 411 g/mol. The van der Waals surface area contributed by atoms with E-state index in [9.17, 15) is 0 Å². The lowest BCUT2D eigenvalue weighted by Gasteiger charge is -2.29. The summed E-state index contributed by atoms with van der Waals surface area (Å²) in [5.74, 6) is 4.54. The molecule has 1 heteroatoms. The molecule has 0 amide bonds. The van der Waals surface area contributed by atoms with Crippen LogP contribution in [-0.2, 0) is 0 Å². The first-order valence-electron chi connectivity index (χ1n) is 13.2. The molecule has 168 valence electrons. The second-order valence-electron chi connectivity index (χ2n) is 10.1. The molecule has 0 radical (unpaired) electrons. The second-order valence-corrected chi connectivity index (χ2v) is 10.1. The molecule has 1 aromatic rings. The van der Waals surface area contributed by atoms with Crippen molar-refractivity contribution >= 4 is 0 Å². The van der Waals surface area contributed by atoms with Crippen LogP contribution in [0.4, 0.5) is 0 Å². The van der Waals surface area contributed by atoms with E-state index >= 15 is 0 Å². The Labute approximate surface area is 186 Å². The third-order valence-corrected chi connectivity index (χ3v) is 7.76. The molecule has 2 fully saturated rings. The Morgan fingerprint density at radius 1 is 0.767 bits per heavy atom. The van der Waals surface area contributed by atoms with Gasteiger partial charge in [-0.2, -0.15) is 0 Å². The van der Waals surface area contributed by atoms with Crippen LogP contribution in [0.1, 0.15) is 115 Å². The van der Waals surface area contributed by atoms with E-state index in [1.165, 1.54) is 95.5 Å². The maximum Gasteiger partial charge on any atom is 0.119 e. The van der Waals surface area contributed by atoms with E-state index in [0.29, 0.717) is 6.61 Å². The minimum atomic E-state index is 0.705. The van der Waals surface area contributed by atoms with Crippen LogP contribution in [0, 0.1) is 17.8 Å². The Morgan fingerprint density at radius 3 is 2.10 bits per heavy atom. The summed E-state index contributed by atoms with van der Waals surface area (Å²) in [5.41, 5.74) is 1.52. The lowest BCUT2D eigenvalue weighted by Crippen LogP contribution is -2.13. The van der Waals surface area contributed by atoms with Crippen molar-refractivity contribution in [3.8, 4) is 5.75 Å². The van der Waals surface area contributed by atoms with Crippen molar-refractivity contribution in [3.05, 3.63) is 42.0 Å². The first kappa shape index (κ1) is 23.4. The lowest BCUT2D eigenvalue weighted by molar-refractivity contribution is 0.292. The number of ether oxygens (including phenoxy) is 1. The molecule has 3 rings (SSSR count).